The summed E-state index contributed by atoms with van der Waals surface area (Å²) in [5, 5.41) is 4.97. The third kappa shape index (κ3) is 3.71. The Hall–Kier alpha value is -3.68. The van der Waals surface area contributed by atoms with E-state index in [1.807, 2.05) is 25.1 Å². The van der Waals surface area contributed by atoms with Crippen molar-refractivity contribution < 1.29 is 9.59 Å². The molecule has 28 heavy (non-hydrogen) atoms. The van der Waals surface area contributed by atoms with E-state index in [9.17, 15) is 14.4 Å². The van der Waals surface area contributed by atoms with Gasteiger partial charge in [0.1, 0.15) is 0 Å². The second-order valence-electron chi connectivity index (χ2n) is 6.37. The first kappa shape index (κ1) is 19.1. The van der Waals surface area contributed by atoms with E-state index in [0.29, 0.717) is 22.9 Å². The number of amides is 2. The average molecular weight is 379 g/mol. The quantitative estimate of drug-likeness (QED) is 0.671. The first-order valence-corrected chi connectivity index (χ1v) is 8.80. The Kier molecular flexibility index (Phi) is 5.39. The molecular weight excluding hydrogens is 358 g/mol. The van der Waals surface area contributed by atoms with Gasteiger partial charge in [0, 0.05) is 37.3 Å². The van der Waals surface area contributed by atoms with Crippen molar-refractivity contribution in [2.75, 3.05) is 19.0 Å². The van der Waals surface area contributed by atoms with Crippen LogP contribution in [0.25, 0.3) is 10.8 Å². The molecule has 0 spiro atoms. The highest BCUT2D eigenvalue weighted by Crippen LogP contribution is 2.14. The molecule has 8 nitrogen and oxygen atoms in total. The van der Waals surface area contributed by atoms with Crippen molar-refractivity contribution in [3.8, 4) is 0 Å². The maximum absolute atomic E-state index is 12.6. The van der Waals surface area contributed by atoms with Gasteiger partial charge in [-0.2, -0.15) is 5.10 Å². The van der Waals surface area contributed by atoms with Crippen molar-refractivity contribution in [3.05, 3.63) is 70.1 Å². The summed E-state index contributed by atoms with van der Waals surface area (Å²) in [7, 11) is 3.75. The van der Waals surface area contributed by atoms with E-state index in [1.54, 1.807) is 49.4 Å². The number of aromatic nitrogens is 2. The monoisotopic (exact) mass is 379 g/mol. The minimum absolute atomic E-state index is 0.0689. The maximum atomic E-state index is 12.6. The molecular formula is C20H21N5O3. The van der Waals surface area contributed by atoms with Gasteiger partial charge in [0.25, 0.3) is 17.4 Å². The number of benzene rings is 2. The van der Waals surface area contributed by atoms with E-state index in [4.69, 9.17) is 0 Å². The van der Waals surface area contributed by atoms with Crippen molar-refractivity contribution in [1.29, 1.82) is 0 Å². The number of hydrazine groups is 1. The molecule has 0 unspecified atom stereocenters. The van der Waals surface area contributed by atoms with Crippen LogP contribution in [0.3, 0.4) is 0 Å². The van der Waals surface area contributed by atoms with E-state index >= 15 is 0 Å². The number of hydrogen-bond acceptors (Lipinski definition) is 5. The Morgan fingerprint density at radius 2 is 1.68 bits per heavy atom. The van der Waals surface area contributed by atoms with Gasteiger partial charge in [0.2, 0.25) is 0 Å². The second kappa shape index (κ2) is 7.91. The molecule has 0 aliphatic carbocycles. The zero-order chi connectivity index (χ0) is 20.3. The molecule has 0 aliphatic heterocycles. The van der Waals surface area contributed by atoms with Crippen LogP contribution in [0.15, 0.2) is 53.3 Å². The maximum Gasteiger partial charge on any atom is 0.290 e. The Morgan fingerprint density at radius 1 is 1.00 bits per heavy atom. The van der Waals surface area contributed by atoms with Crippen LogP contribution >= 0.6 is 0 Å². The summed E-state index contributed by atoms with van der Waals surface area (Å²) in [6.07, 6.45) is 0. The Morgan fingerprint density at radius 3 is 2.36 bits per heavy atom. The Labute approximate surface area is 161 Å². The number of anilines is 1. The molecule has 0 saturated carbocycles. The Balaban J connectivity index is 1.84. The summed E-state index contributed by atoms with van der Waals surface area (Å²) < 4.78 is 1.22. The Bertz CT molecular complexity index is 1100. The van der Waals surface area contributed by atoms with Crippen molar-refractivity contribution in [1.82, 2.24) is 20.6 Å². The topological polar surface area (TPSA) is 96.3 Å². The zero-order valence-corrected chi connectivity index (χ0v) is 15.9. The predicted octanol–water partition coefficient (Wildman–Crippen LogP) is 1.56. The zero-order valence-electron chi connectivity index (χ0n) is 15.9. The average Bonchev–Trinajstić information content (AvgIpc) is 2.72. The second-order valence-corrected chi connectivity index (χ2v) is 6.37. The number of nitrogens with one attached hydrogen (secondary N) is 2. The largest absolute Gasteiger partial charge is 0.378 e. The van der Waals surface area contributed by atoms with Crippen molar-refractivity contribution in [3.63, 3.8) is 0 Å². The lowest BCUT2D eigenvalue weighted by molar-refractivity contribution is 0.0843. The first-order chi connectivity index (χ1) is 13.4. The van der Waals surface area contributed by atoms with E-state index < -0.39 is 11.8 Å². The third-order valence-corrected chi connectivity index (χ3v) is 4.30. The van der Waals surface area contributed by atoms with Crippen LogP contribution in [0.1, 0.15) is 27.8 Å². The lowest BCUT2D eigenvalue weighted by atomic mass is 10.1. The van der Waals surface area contributed by atoms with E-state index in [-0.39, 0.29) is 11.3 Å². The van der Waals surface area contributed by atoms with Crippen molar-refractivity contribution >= 4 is 28.3 Å². The highest BCUT2D eigenvalue weighted by atomic mass is 16.2. The van der Waals surface area contributed by atoms with E-state index in [1.165, 1.54) is 4.68 Å². The molecule has 2 amide bonds. The number of hydrogen-bond donors (Lipinski definition) is 2. The van der Waals surface area contributed by atoms with Crippen molar-refractivity contribution in [2.45, 2.75) is 13.5 Å². The van der Waals surface area contributed by atoms with E-state index in [0.717, 1.165) is 5.69 Å². The summed E-state index contributed by atoms with van der Waals surface area (Å²) in [5.41, 5.74) is 5.85. The summed E-state index contributed by atoms with van der Waals surface area (Å²) in [4.78, 5) is 39.3. The lowest BCUT2D eigenvalue weighted by Crippen LogP contribution is -2.42. The van der Waals surface area contributed by atoms with Gasteiger partial charge < -0.3 is 4.90 Å². The number of carbonyl (C=O) groups excluding carboxylic acids is 2. The molecule has 1 heterocycles. The van der Waals surface area contributed by atoms with Crippen molar-refractivity contribution in [2.24, 2.45) is 0 Å². The molecule has 0 bridgehead atoms. The number of nitrogens with zero attached hydrogens (tertiary/aromatic N) is 3. The number of aryl methyl sites for hydroxylation is 1. The molecule has 3 rings (SSSR count). The molecule has 0 fully saturated rings. The SMILES string of the molecule is CCn1nc(C(=O)NNC(=O)c2cccc(N(C)C)c2)c2ccccc2c1=O. The van der Waals surface area contributed by atoms with Gasteiger partial charge in [0.05, 0.1) is 5.39 Å². The van der Waals surface area contributed by atoms with Gasteiger partial charge in [-0.1, -0.05) is 24.3 Å². The molecule has 0 saturated heterocycles. The molecule has 1 aromatic heterocycles. The van der Waals surface area contributed by atoms with Crippen LogP contribution in [0, 0.1) is 0 Å². The molecule has 0 aliphatic rings. The van der Waals surface area contributed by atoms with Crippen LogP contribution < -0.4 is 21.3 Å². The van der Waals surface area contributed by atoms with E-state index in [2.05, 4.69) is 16.0 Å². The minimum atomic E-state index is -0.601. The fourth-order valence-electron chi connectivity index (χ4n) is 2.79. The molecule has 0 radical (unpaired) electrons. The minimum Gasteiger partial charge on any atom is -0.378 e. The van der Waals surface area contributed by atoms with Gasteiger partial charge in [-0.25, -0.2) is 4.68 Å². The summed E-state index contributed by atoms with van der Waals surface area (Å²) >= 11 is 0. The highest BCUT2D eigenvalue weighted by Gasteiger charge is 2.17. The van der Waals surface area contributed by atoms with Crippen LogP contribution in [-0.4, -0.2) is 35.7 Å². The van der Waals surface area contributed by atoms with Crippen LogP contribution in [0.4, 0.5) is 5.69 Å². The molecule has 3 aromatic rings. The smallest absolute Gasteiger partial charge is 0.290 e. The van der Waals surface area contributed by atoms with Crippen LogP contribution in [-0.2, 0) is 6.54 Å². The number of carbonyl (C=O) groups is 2. The van der Waals surface area contributed by atoms with Gasteiger partial charge in [-0.3, -0.25) is 25.2 Å². The van der Waals surface area contributed by atoms with Gasteiger partial charge in [0.15, 0.2) is 5.69 Å². The summed E-state index contributed by atoms with van der Waals surface area (Å²) in [6, 6.07) is 13.8. The molecule has 144 valence electrons. The standard InChI is InChI=1S/C20H21N5O3/c1-4-25-20(28)16-11-6-5-10-15(16)17(23-25)19(27)22-21-18(26)13-8-7-9-14(12-13)24(2)3/h5-12H,4H2,1-3H3,(H,21,26)(H,22,27). The molecule has 2 aromatic carbocycles. The van der Waals surface area contributed by atoms with Gasteiger partial charge in [-0.15, -0.1) is 0 Å². The highest BCUT2D eigenvalue weighted by molar-refractivity contribution is 6.06. The number of fused-ring (bicyclic) bond motifs is 1. The molecule has 0 atom stereocenters. The number of rotatable bonds is 4. The van der Waals surface area contributed by atoms with Gasteiger partial charge in [-0.05, 0) is 31.2 Å². The normalized spacial score (nSPS) is 10.5. The van der Waals surface area contributed by atoms with Crippen LogP contribution in [0.2, 0.25) is 0 Å². The molecule has 2 N–H and O–H groups in total. The first-order valence-electron chi connectivity index (χ1n) is 8.80. The lowest BCUT2D eigenvalue weighted by Gasteiger charge is -2.14. The fourth-order valence-corrected chi connectivity index (χ4v) is 2.79. The summed E-state index contributed by atoms with van der Waals surface area (Å²) in [5.74, 6) is -1.05. The summed E-state index contributed by atoms with van der Waals surface area (Å²) in [6.45, 7) is 2.10. The van der Waals surface area contributed by atoms with Gasteiger partial charge >= 0.3 is 0 Å². The van der Waals surface area contributed by atoms with Crippen LogP contribution in [0.5, 0.6) is 0 Å². The fraction of sp³-hybridized carbons (Fsp3) is 0.200. The molecule has 8 heteroatoms. The predicted molar refractivity (Wildman–Crippen MR) is 107 cm³/mol. The third-order valence-electron chi connectivity index (χ3n) is 4.30.